The molecule has 16 heavy (non-hydrogen) atoms. The van der Waals surface area contributed by atoms with Crippen molar-refractivity contribution >= 4 is 17.7 Å². The van der Waals surface area contributed by atoms with Crippen LogP contribution in [0.5, 0.6) is 0 Å². The second-order valence-corrected chi connectivity index (χ2v) is 4.67. The molecule has 1 unspecified atom stereocenters. The number of hydrogen-bond donors (Lipinski definition) is 1. The normalized spacial score (nSPS) is 12.4. The van der Waals surface area contributed by atoms with Gasteiger partial charge in [0.25, 0.3) is 0 Å². The summed E-state index contributed by atoms with van der Waals surface area (Å²) >= 11 is 1.38. The molecule has 1 N–H and O–H groups in total. The predicted octanol–water partition coefficient (Wildman–Crippen LogP) is 0.635. The molecule has 1 atom stereocenters. The summed E-state index contributed by atoms with van der Waals surface area (Å²) in [5.74, 6) is -0.263. The van der Waals surface area contributed by atoms with E-state index >= 15 is 0 Å². The van der Waals surface area contributed by atoms with Crippen LogP contribution in [0.1, 0.15) is 20.3 Å². The van der Waals surface area contributed by atoms with Gasteiger partial charge < -0.3 is 4.74 Å². The number of aromatic nitrogens is 3. The summed E-state index contributed by atoms with van der Waals surface area (Å²) < 4.78 is 6.10. The van der Waals surface area contributed by atoms with Gasteiger partial charge in [0.15, 0.2) is 5.16 Å². The molecule has 0 aliphatic carbocycles. The van der Waals surface area contributed by atoms with Crippen LogP contribution >= 0.6 is 11.8 Å². The van der Waals surface area contributed by atoms with Crippen LogP contribution in [0.15, 0.2) is 9.95 Å². The molecule has 6 nitrogen and oxygen atoms in total. The minimum absolute atomic E-state index is 0.0212. The lowest BCUT2D eigenvalue weighted by atomic mass is 10.3. The summed E-state index contributed by atoms with van der Waals surface area (Å²) in [6, 6.07) is 0. The Balaban J connectivity index is 2.65. The number of carbonyl (C=O) groups is 1. The van der Waals surface area contributed by atoms with Gasteiger partial charge in [0.1, 0.15) is 0 Å². The topological polar surface area (TPSA) is 77.0 Å². The third kappa shape index (κ3) is 3.13. The number of nitrogens with zero attached hydrogens (tertiary/aromatic N) is 2. The lowest BCUT2D eigenvalue weighted by Gasteiger charge is -2.08. The molecule has 1 aromatic rings. The number of ether oxygens (including phenoxy) is 1. The average Bonchev–Trinajstić information content (AvgIpc) is 2.58. The second-order valence-electron chi connectivity index (χ2n) is 3.26. The third-order valence-electron chi connectivity index (χ3n) is 2.03. The quantitative estimate of drug-likeness (QED) is 0.608. The van der Waals surface area contributed by atoms with Gasteiger partial charge in [-0.15, -0.1) is 5.10 Å². The minimum Gasteiger partial charge on any atom is -0.469 e. The van der Waals surface area contributed by atoms with Gasteiger partial charge in [0, 0.05) is 11.8 Å². The molecule has 0 aromatic carbocycles. The first-order valence-corrected chi connectivity index (χ1v) is 5.85. The molecular weight excluding hydrogens is 230 g/mol. The summed E-state index contributed by atoms with van der Waals surface area (Å²) in [5.41, 5.74) is -0.227. The molecular formula is C9H15N3O3S. The molecule has 0 fully saturated rings. The highest BCUT2D eigenvalue weighted by Gasteiger charge is 2.15. The Bertz CT molecular complexity index is 412. The number of carbonyl (C=O) groups excluding carboxylic acids is 1. The van der Waals surface area contributed by atoms with Crippen molar-refractivity contribution in [3.8, 4) is 0 Å². The Hall–Kier alpha value is -1.24. The fraction of sp³-hybridized carbons (Fsp3) is 0.667. The van der Waals surface area contributed by atoms with Crippen molar-refractivity contribution in [3.63, 3.8) is 0 Å². The third-order valence-corrected chi connectivity index (χ3v) is 3.12. The molecule has 0 aliphatic heterocycles. The minimum atomic E-state index is -0.263. The van der Waals surface area contributed by atoms with Crippen molar-refractivity contribution in [1.29, 1.82) is 0 Å². The first-order valence-electron chi connectivity index (χ1n) is 4.97. The maximum Gasteiger partial charge on any atom is 0.343 e. The molecule has 0 saturated carbocycles. The van der Waals surface area contributed by atoms with Crippen LogP contribution in [0, 0.1) is 0 Å². The van der Waals surface area contributed by atoms with Gasteiger partial charge in [-0.05, 0) is 6.92 Å². The number of aromatic amines is 1. The van der Waals surface area contributed by atoms with Gasteiger partial charge in [-0.2, -0.15) is 0 Å². The molecule has 1 rings (SSSR count). The Morgan fingerprint density at radius 1 is 1.69 bits per heavy atom. The molecule has 1 aromatic heterocycles. The fourth-order valence-electron chi connectivity index (χ4n) is 1.21. The largest absolute Gasteiger partial charge is 0.469 e. The molecule has 0 radical (unpaired) electrons. The summed E-state index contributed by atoms with van der Waals surface area (Å²) in [6.07, 6.45) is 0.298. The van der Waals surface area contributed by atoms with Gasteiger partial charge in [-0.1, -0.05) is 18.7 Å². The monoisotopic (exact) mass is 245 g/mol. The zero-order valence-electron chi connectivity index (χ0n) is 9.52. The van der Waals surface area contributed by atoms with E-state index in [1.165, 1.54) is 23.4 Å². The Kier molecular flexibility index (Phi) is 4.60. The Labute approximate surface area is 97.4 Å². The fourth-order valence-corrected chi connectivity index (χ4v) is 2.23. The van der Waals surface area contributed by atoms with Crippen molar-refractivity contribution in [3.05, 3.63) is 10.5 Å². The van der Waals surface area contributed by atoms with Gasteiger partial charge in [-0.3, -0.25) is 9.36 Å². The highest BCUT2D eigenvalue weighted by atomic mass is 32.2. The van der Waals surface area contributed by atoms with Crippen LogP contribution in [0.4, 0.5) is 0 Å². The van der Waals surface area contributed by atoms with Crippen molar-refractivity contribution in [2.24, 2.45) is 0 Å². The molecule has 0 saturated heterocycles. The number of esters is 1. The van der Waals surface area contributed by atoms with Crippen molar-refractivity contribution in [2.45, 2.75) is 37.2 Å². The molecule has 0 amide bonds. The average molecular weight is 245 g/mol. The van der Waals surface area contributed by atoms with Crippen LogP contribution in [-0.4, -0.2) is 33.1 Å². The molecule has 90 valence electrons. The van der Waals surface area contributed by atoms with Crippen molar-refractivity contribution in [2.75, 3.05) is 7.11 Å². The standard InChI is InChI=1S/C9H15N3O3S/c1-4-12-8(14)10-11-9(12)16-6(2)5-7(13)15-3/h6H,4-5H2,1-3H3,(H,10,14). The molecule has 7 heteroatoms. The number of nitrogens with one attached hydrogen (secondary N) is 1. The summed E-state index contributed by atoms with van der Waals surface area (Å²) in [5, 5.41) is 6.90. The van der Waals surface area contributed by atoms with E-state index in [0.29, 0.717) is 18.1 Å². The van der Waals surface area contributed by atoms with Gasteiger partial charge in [-0.25, -0.2) is 9.89 Å². The van der Waals surface area contributed by atoms with E-state index in [0.717, 1.165) is 0 Å². The van der Waals surface area contributed by atoms with E-state index in [1.54, 1.807) is 0 Å². The number of H-pyrrole nitrogens is 1. The van der Waals surface area contributed by atoms with Crippen molar-refractivity contribution in [1.82, 2.24) is 14.8 Å². The number of rotatable bonds is 5. The van der Waals surface area contributed by atoms with E-state index in [-0.39, 0.29) is 16.9 Å². The maximum absolute atomic E-state index is 11.3. The number of thioether (sulfide) groups is 1. The van der Waals surface area contributed by atoms with E-state index in [1.807, 2.05) is 13.8 Å². The first kappa shape index (κ1) is 12.8. The van der Waals surface area contributed by atoms with Crippen LogP contribution < -0.4 is 5.69 Å². The molecule has 0 aliphatic rings. The molecule has 0 bridgehead atoms. The van der Waals surface area contributed by atoms with E-state index in [4.69, 9.17) is 0 Å². The van der Waals surface area contributed by atoms with Crippen LogP contribution in [-0.2, 0) is 16.1 Å². The van der Waals surface area contributed by atoms with Gasteiger partial charge in [0.2, 0.25) is 0 Å². The van der Waals surface area contributed by atoms with Crippen LogP contribution in [0.25, 0.3) is 0 Å². The number of methoxy groups -OCH3 is 1. The summed E-state index contributed by atoms with van der Waals surface area (Å²) in [4.78, 5) is 22.3. The van der Waals surface area contributed by atoms with Gasteiger partial charge >= 0.3 is 11.7 Å². The number of hydrogen-bond acceptors (Lipinski definition) is 5. The van der Waals surface area contributed by atoms with E-state index in [2.05, 4.69) is 14.9 Å². The zero-order chi connectivity index (χ0) is 12.1. The highest BCUT2D eigenvalue weighted by Crippen LogP contribution is 2.22. The molecule has 0 spiro atoms. The molecule has 1 heterocycles. The zero-order valence-corrected chi connectivity index (χ0v) is 10.3. The Morgan fingerprint density at radius 3 is 2.94 bits per heavy atom. The lowest BCUT2D eigenvalue weighted by Crippen LogP contribution is -2.17. The SMILES string of the molecule is CCn1c(SC(C)CC(=O)OC)n[nH]c1=O. The predicted molar refractivity (Wildman–Crippen MR) is 60.5 cm³/mol. The summed E-state index contributed by atoms with van der Waals surface area (Å²) in [6.45, 7) is 4.31. The first-order chi connectivity index (χ1) is 7.58. The maximum atomic E-state index is 11.3. The van der Waals surface area contributed by atoms with Crippen molar-refractivity contribution < 1.29 is 9.53 Å². The van der Waals surface area contributed by atoms with Crippen LogP contribution in [0.3, 0.4) is 0 Å². The Morgan fingerprint density at radius 2 is 2.38 bits per heavy atom. The van der Waals surface area contributed by atoms with Crippen LogP contribution in [0.2, 0.25) is 0 Å². The summed E-state index contributed by atoms with van der Waals surface area (Å²) in [7, 11) is 1.36. The highest BCUT2D eigenvalue weighted by molar-refractivity contribution is 7.99. The smallest absolute Gasteiger partial charge is 0.343 e. The van der Waals surface area contributed by atoms with E-state index in [9.17, 15) is 9.59 Å². The van der Waals surface area contributed by atoms with E-state index < -0.39 is 0 Å². The van der Waals surface area contributed by atoms with Gasteiger partial charge in [0.05, 0.1) is 13.5 Å². The second kappa shape index (κ2) is 5.74. The lowest BCUT2D eigenvalue weighted by molar-refractivity contribution is -0.140.